The van der Waals surface area contributed by atoms with Gasteiger partial charge in [-0.3, -0.25) is 4.79 Å². The van der Waals surface area contributed by atoms with Gasteiger partial charge in [0.1, 0.15) is 11.6 Å². The van der Waals surface area contributed by atoms with E-state index in [2.05, 4.69) is 16.8 Å². The van der Waals surface area contributed by atoms with Gasteiger partial charge in [-0.25, -0.2) is 8.78 Å². The van der Waals surface area contributed by atoms with Gasteiger partial charge in [-0.15, -0.1) is 6.58 Å². The second kappa shape index (κ2) is 10.9. The maximum atomic E-state index is 13.8. The van der Waals surface area contributed by atoms with Gasteiger partial charge in [-0.2, -0.15) is 13.2 Å². The second-order valence-electron chi connectivity index (χ2n) is 10.7. The van der Waals surface area contributed by atoms with Crippen molar-refractivity contribution in [1.82, 2.24) is 10.2 Å². The van der Waals surface area contributed by atoms with Gasteiger partial charge in [0.05, 0.1) is 11.0 Å². The van der Waals surface area contributed by atoms with E-state index in [9.17, 15) is 26.7 Å². The summed E-state index contributed by atoms with van der Waals surface area (Å²) in [5.74, 6) is -1.07. The molecule has 3 nitrogen and oxygen atoms in total. The van der Waals surface area contributed by atoms with E-state index in [1.54, 1.807) is 0 Å². The fourth-order valence-electron chi connectivity index (χ4n) is 6.05. The van der Waals surface area contributed by atoms with Gasteiger partial charge in [0.15, 0.2) is 0 Å². The number of benzene rings is 2. The van der Waals surface area contributed by atoms with Crippen molar-refractivity contribution >= 4 is 5.91 Å². The van der Waals surface area contributed by atoms with E-state index in [0.29, 0.717) is 31.2 Å². The smallest absolute Gasteiger partial charge is 0.352 e. The van der Waals surface area contributed by atoms with Crippen molar-refractivity contribution in [1.29, 1.82) is 0 Å². The van der Waals surface area contributed by atoms with E-state index >= 15 is 0 Å². The Bertz CT molecular complexity index is 1120. The standard InChI is InChI=1S/C29H33F5N2O/c1-19(2)16-28(27(37)35-18-20-13-23(29(32,33)34)15-25(31)14-20)10-7-26(17-28)36-11-8-22(9-12-36)21-3-5-24(30)6-4-21/h3-6,13-15,22,26H,1,7-12,16-18H2,2H3,(H,35,37)/t26?,28-/m1/s1. The first-order valence-electron chi connectivity index (χ1n) is 12.7. The molecule has 1 aliphatic heterocycles. The SMILES string of the molecule is C=C(C)C[C@]1(C(=O)NCc2cc(F)cc(C(F)(F)F)c2)CCC(N2CCC(c3ccc(F)cc3)CC2)C1. The summed E-state index contributed by atoms with van der Waals surface area (Å²) in [4.78, 5) is 15.8. The summed E-state index contributed by atoms with van der Waals surface area (Å²) in [5.41, 5.74) is 0.331. The average Bonchev–Trinajstić information content (AvgIpc) is 3.27. The molecule has 2 atom stereocenters. The Balaban J connectivity index is 1.39. The molecule has 200 valence electrons. The van der Waals surface area contributed by atoms with Crippen LogP contribution in [0.5, 0.6) is 0 Å². The highest BCUT2D eigenvalue weighted by molar-refractivity contribution is 5.83. The van der Waals surface area contributed by atoms with E-state index in [0.717, 1.165) is 55.6 Å². The highest BCUT2D eigenvalue weighted by atomic mass is 19.4. The van der Waals surface area contributed by atoms with Gasteiger partial charge in [-0.1, -0.05) is 17.7 Å². The number of likely N-dealkylation sites (tertiary alicyclic amines) is 1. The summed E-state index contributed by atoms with van der Waals surface area (Å²) < 4.78 is 66.3. The minimum atomic E-state index is -4.66. The molecule has 1 saturated carbocycles. The maximum Gasteiger partial charge on any atom is 0.416 e. The van der Waals surface area contributed by atoms with E-state index in [4.69, 9.17) is 0 Å². The summed E-state index contributed by atoms with van der Waals surface area (Å²) in [6.07, 6.45) is -0.0931. The molecule has 4 rings (SSSR count). The topological polar surface area (TPSA) is 32.3 Å². The van der Waals surface area contributed by atoms with Crippen LogP contribution in [0.15, 0.2) is 54.6 Å². The molecule has 0 aromatic heterocycles. The summed E-state index contributed by atoms with van der Waals surface area (Å²) >= 11 is 0. The van der Waals surface area contributed by atoms with Gasteiger partial charge >= 0.3 is 6.18 Å². The lowest BCUT2D eigenvalue weighted by molar-refractivity contribution is -0.137. The Morgan fingerprint density at radius 3 is 2.35 bits per heavy atom. The number of allylic oxidation sites excluding steroid dienone is 1. The summed E-state index contributed by atoms with van der Waals surface area (Å²) in [5, 5.41) is 2.79. The zero-order valence-electron chi connectivity index (χ0n) is 21.0. The van der Waals surface area contributed by atoms with Gasteiger partial charge in [0.25, 0.3) is 0 Å². The lowest BCUT2D eigenvalue weighted by Crippen LogP contribution is -2.43. The zero-order chi connectivity index (χ0) is 26.8. The quantitative estimate of drug-likeness (QED) is 0.315. The summed E-state index contributed by atoms with van der Waals surface area (Å²) in [7, 11) is 0. The number of carbonyl (C=O) groups is 1. The minimum Gasteiger partial charge on any atom is -0.352 e. The number of hydrogen-bond donors (Lipinski definition) is 1. The van der Waals surface area contributed by atoms with Crippen LogP contribution >= 0.6 is 0 Å². The largest absolute Gasteiger partial charge is 0.416 e. The molecule has 1 saturated heterocycles. The number of alkyl halides is 3. The minimum absolute atomic E-state index is 0.0727. The Labute approximate surface area is 214 Å². The Kier molecular flexibility index (Phi) is 8.07. The van der Waals surface area contributed by atoms with Crippen LogP contribution in [0.3, 0.4) is 0 Å². The number of nitrogens with one attached hydrogen (secondary N) is 1. The molecule has 1 unspecified atom stereocenters. The van der Waals surface area contributed by atoms with Crippen molar-refractivity contribution in [2.45, 2.75) is 70.1 Å². The van der Waals surface area contributed by atoms with E-state index in [1.165, 1.54) is 12.1 Å². The molecule has 8 heteroatoms. The molecule has 2 fully saturated rings. The fraction of sp³-hybridized carbons (Fsp3) is 0.483. The lowest BCUT2D eigenvalue weighted by atomic mass is 9.79. The number of piperidine rings is 1. The molecule has 1 heterocycles. The Morgan fingerprint density at radius 1 is 1.05 bits per heavy atom. The van der Waals surface area contributed by atoms with Crippen LogP contribution < -0.4 is 5.32 Å². The zero-order valence-corrected chi connectivity index (χ0v) is 21.0. The van der Waals surface area contributed by atoms with Crippen molar-refractivity contribution in [3.63, 3.8) is 0 Å². The van der Waals surface area contributed by atoms with Crippen molar-refractivity contribution < 1.29 is 26.7 Å². The molecule has 1 N–H and O–H groups in total. The molecule has 1 aliphatic carbocycles. The van der Waals surface area contributed by atoms with Crippen molar-refractivity contribution in [3.8, 4) is 0 Å². The monoisotopic (exact) mass is 520 g/mol. The van der Waals surface area contributed by atoms with Crippen LogP contribution in [0, 0.1) is 17.0 Å². The van der Waals surface area contributed by atoms with Crippen molar-refractivity contribution in [2.24, 2.45) is 5.41 Å². The van der Waals surface area contributed by atoms with Crippen LogP contribution in [0.2, 0.25) is 0 Å². The third kappa shape index (κ3) is 6.58. The van der Waals surface area contributed by atoms with Gasteiger partial charge in [-0.05, 0) is 106 Å². The van der Waals surface area contributed by atoms with Crippen LogP contribution in [0.25, 0.3) is 0 Å². The second-order valence-corrected chi connectivity index (χ2v) is 10.7. The van der Waals surface area contributed by atoms with Crippen LogP contribution in [-0.2, 0) is 17.5 Å². The van der Waals surface area contributed by atoms with Crippen LogP contribution in [-0.4, -0.2) is 29.9 Å². The number of amides is 1. The van der Waals surface area contributed by atoms with Gasteiger partial charge in [0.2, 0.25) is 5.91 Å². The highest BCUT2D eigenvalue weighted by Gasteiger charge is 2.47. The van der Waals surface area contributed by atoms with Gasteiger partial charge in [0, 0.05) is 12.6 Å². The lowest BCUT2D eigenvalue weighted by Gasteiger charge is -2.37. The average molecular weight is 521 g/mol. The molecule has 0 spiro atoms. The molecule has 1 amide bonds. The van der Waals surface area contributed by atoms with E-state index in [-0.39, 0.29) is 29.9 Å². The molecule has 2 aromatic rings. The Hall–Kier alpha value is -2.74. The molecule has 0 bridgehead atoms. The van der Waals surface area contributed by atoms with E-state index < -0.39 is 23.0 Å². The van der Waals surface area contributed by atoms with Crippen molar-refractivity contribution in [2.75, 3.05) is 13.1 Å². The third-order valence-electron chi connectivity index (χ3n) is 7.83. The molecule has 0 radical (unpaired) electrons. The number of rotatable bonds is 7. The first-order chi connectivity index (χ1) is 17.4. The molecule has 2 aliphatic rings. The number of carbonyl (C=O) groups excluding carboxylic acids is 1. The summed E-state index contributed by atoms with van der Waals surface area (Å²) in [6, 6.07) is 9.27. The number of nitrogens with zero attached hydrogens (tertiary/aromatic N) is 1. The number of hydrogen-bond acceptors (Lipinski definition) is 2. The van der Waals surface area contributed by atoms with Gasteiger partial charge < -0.3 is 10.2 Å². The first-order valence-corrected chi connectivity index (χ1v) is 12.7. The molecule has 2 aromatic carbocycles. The first kappa shape index (κ1) is 27.3. The predicted molar refractivity (Wildman–Crippen MR) is 133 cm³/mol. The van der Waals surface area contributed by atoms with Crippen LogP contribution in [0.1, 0.15) is 68.1 Å². The number of halogens is 5. The maximum absolute atomic E-state index is 13.8. The highest BCUT2D eigenvalue weighted by Crippen LogP contribution is 2.46. The summed E-state index contributed by atoms with van der Waals surface area (Å²) in [6.45, 7) is 7.49. The van der Waals surface area contributed by atoms with Crippen molar-refractivity contribution in [3.05, 3.63) is 82.9 Å². The normalized spacial score (nSPS) is 23.2. The van der Waals surface area contributed by atoms with E-state index in [1.807, 2.05) is 19.1 Å². The third-order valence-corrected chi connectivity index (χ3v) is 7.83. The predicted octanol–water partition coefficient (Wildman–Crippen LogP) is 6.98. The molecular formula is C29H33F5N2O. The molecule has 37 heavy (non-hydrogen) atoms. The fourth-order valence-corrected chi connectivity index (χ4v) is 6.05. The van der Waals surface area contributed by atoms with Crippen LogP contribution in [0.4, 0.5) is 22.0 Å². The Morgan fingerprint density at radius 2 is 1.73 bits per heavy atom. The molecular weight excluding hydrogens is 487 g/mol.